The number of carbonyl (C=O) groups is 1. The Morgan fingerprint density at radius 1 is 0.966 bits per heavy atom. The second-order valence-corrected chi connectivity index (χ2v) is 8.07. The van der Waals surface area contributed by atoms with Crippen LogP contribution in [0.2, 0.25) is 5.02 Å². The molecule has 0 radical (unpaired) electrons. The fourth-order valence-electron chi connectivity index (χ4n) is 3.59. The molecule has 29 heavy (non-hydrogen) atoms. The Kier molecular flexibility index (Phi) is 7.92. The number of rotatable bonds is 7. The third-order valence-corrected chi connectivity index (χ3v) is 5.62. The fourth-order valence-corrected chi connectivity index (χ4v) is 3.72. The highest BCUT2D eigenvalue weighted by atomic mass is 35.5. The van der Waals surface area contributed by atoms with Gasteiger partial charge < -0.3 is 9.64 Å². The lowest BCUT2D eigenvalue weighted by Crippen LogP contribution is -2.39. The minimum absolute atomic E-state index is 0.159. The lowest BCUT2D eigenvalue weighted by atomic mass is 10.2. The molecular formula is C23H30ClN3O2. The van der Waals surface area contributed by atoms with Crippen LogP contribution in [0.5, 0.6) is 5.75 Å². The van der Waals surface area contributed by atoms with Crippen molar-refractivity contribution < 1.29 is 9.53 Å². The number of nitrogens with zero attached hydrogens (tertiary/aromatic N) is 3. The summed E-state index contributed by atoms with van der Waals surface area (Å²) in [6, 6.07) is 15.9. The Morgan fingerprint density at radius 2 is 1.59 bits per heavy atom. The van der Waals surface area contributed by atoms with E-state index in [0.29, 0.717) is 13.1 Å². The molecule has 1 heterocycles. The normalized spacial score (nSPS) is 15.7. The first-order valence-corrected chi connectivity index (χ1v) is 10.5. The van der Waals surface area contributed by atoms with Gasteiger partial charge in [0.2, 0.25) is 5.91 Å². The number of amides is 1. The van der Waals surface area contributed by atoms with Gasteiger partial charge in [0.25, 0.3) is 0 Å². The summed E-state index contributed by atoms with van der Waals surface area (Å²) in [5.41, 5.74) is 2.38. The predicted molar refractivity (Wildman–Crippen MR) is 117 cm³/mol. The Bertz CT molecular complexity index is 780. The highest BCUT2D eigenvalue weighted by Crippen LogP contribution is 2.14. The summed E-state index contributed by atoms with van der Waals surface area (Å²) in [6.45, 7) is 5.90. The SMILES string of the molecule is COc1ccc(CN(C)C(=O)CN2CCCN(Cc3ccc(Cl)cc3)CC2)cc1. The molecule has 156 valence electrons. The number of halogens is 1. The number of methoxy groups -OCH3 is 1. The fraction of sp³-hybridized carbons (Fsp3) is 0.435. The average Bonchev–Trinajstić information content (AvgIpc) is 2.95. The number of likely N-dealkylation sites (N-methyl/N-ethyl adjacent to an activating group) is 1. The number of benzene rings is 2. The van der Waals surface area contributed by atoms with Crippen molar-refractivity contribution in [2.45, 2.75) is 19.5 Å². The Morgan fingerprint density at radius 3 is 2.28 bits per heavy atom. The monoisotopic (exact) mass is 415 g/mol. The molecule has 1 aliphatic rings. The highest BCUT2D eigenvalue weighted by molar-refractivity contribution is 6.30. The van der Waals surface area contributed by atoms with Crippen LogP contribution in [0.1, 0.15) is 17.5 Å². The summed E-state index contributed by atoms with van der Waals surface area (Å²) >= 11 is 5.98. The molecule has 0 N–H and O–H groups in total. The van der Waals surface area contributed by atoms with Crippen LogP contribution in [0.25, 0.3) is 0 Å². The van der Waals surface area contributed by atoms with Gasteiger partial charge in [-0.25, -0.2) is 0 Å². The van der Waals surface area contributed by atoms with E-state index in [2.05, 4.69) is 21.9 Å². The summed E-state index contributed by atoms with van der Waals surface area (Å²) in [5.74, 6) is 0.988. The van der Waals surface area contributed by atoms with Crippen molar-refractivity contribution in [1.82, 2.24) is 14.7 Å². The smallest absolute Gasteiger partial charge is 0.236 e. The zero-order valence-corrected chi connectivity index (χ0v) is 18.1. The summed E-state index contributed by atoms with van der Waals surface area (Å²) in [4.78, 5) is 19.2. The number of hydrogen-bond donors (Lipinski definition) is 0. The molecule has 0 bridgehead atoms. The van der Waals surface area contributed by atoms with E-state index < -0.39 is 0 Å². The van der Waals surface area contributed by atoms with E-state index in [1.807, 2.05) is 43.4 Å². The molecule has 0 aliphatic carbocycles. The van der Waals surface area contributed by atoms with Crippen molar-refractivity contribution in [3.8, 4) is 5.75 Å². The van der Waals surface area contributed by atoms with E-state index in [0.717, 1.165) is 55.5 Å². The highest BCUT2D eigenvalue weighted by Gasteiger charge is 2.19. The van der Waals surface area contributed by atoms with Gasteiger partial charge in [0.05, 0.1) is 13.7 Å². The first-order valence-electron chi connectivity index (χ1n) is 10.1. The van der Waals surface area contributed by atoms with Crippen LogP contribution in [0.3, 0.4) is 0 Å². The van der Waals surface area contributed by atoms with Crippen molar-refractivity contribution in [1.29, 1.82) is 0 Å². The molecule has 2 aromatic rings. The number of hydrogen-bond acceptors (Lipinski definition) is 4. The van der Waals surface area contributed by atoms with E-state index in [1.165, 1.54) is 5.56 Å². The molecule has 1 aliphatic heterocycles. The summed E-state index contributed by atoms with van der Waals surface area (Å²) in [6.07, 6.45) is 1.07. The number of carbonyl (C=O) groups excluding carboxylic acids is 1. The third kappa shape index (κ3) is 6.74. The third-order valence-electron chi connectivity index (χ3n) is 5.36. The van der Waals surface area contributed by atoms with Crippen LogP contribution >= 0.6 is 11.6 Å². The Labute approximate surface area is 178 Å². The maximum Gasteiger partial charge on any atom is 0.236 e. The van der Waals surface area contributed by atoms with Crippen molar-refractivity contribution in [3.05, 3.63) is 64.7 Å². The maximum atomic E-state index is 12.7. The molecule has 0 spiro atoms. The van der Waals surface area contributed by atoms with E-state index in [9.17, 15) is 4.79 Å². The second-order valence-electron chi connectivity index (χ2n) is 7.63. The maximum absolute atomic E-state index is 12.7. The number of ether oxygens (including phenoxy) is 1. The van der Waals surface area contributed by atoms with Crippen LogP contribution in [-0.2, 0) is 17.9 Å². The van der Waals surface area contributed by atoms with Crippen LogP contribution in [0.15, 0.2) is 48.5 Å². The molecule has 0 saturated carbocycles. The van der Waals surface area contributed by atoms with Crippen LogP contribution < -0.4 is 4.74 Å². The molecule has 1 saturated heterocycles. The van der Waals surface area contributed by atoms with E-state index >= 15 is 0 Å². The molecule has 1 amide bonds. The summed E-state index contributed by atoms with van der Waals surface area (Å²) in [5, 5.41) is 0.771. The first-order chi connectivity index (χ1) is 14.0. The van der Waals surface area contributed by atoms with E-state index in [4.69, 9.17) is 16.3 Å². The molecule has 6 heteroatoms. The van der Waals surface area contributed by atoms with Gasteiger partial charge in [-0.2, -0.15) is 0 Å². The minimum atomic E-state index is 0.159. The van der Waals surface area contributed by atoms with Gasteiger partial charge in [0, 0.05) is 38.2 Å². The largest absolute Gasteiger partial charge is 0.497 e. The van der Waals surface area contributed by atoms with Crippen molar-refractivity contribution in [2.75, 3.05) is 46.9 Å². The van der Waals surface area contributed by atoms with Gasteiger partial charge in [-0.05, 0) is 54.9 Å². The molecule has 5 nitrogen and oxygen atoms in total. The molecular weight excluding hydrogens is 386 g/mol. The molecule has 1 fully saturated rings. The average molecular weight is 416 g/mol. The molecule has 3 rings (SSSR count). The van der Waals surface area contributed by atoms with E-state index in [-0.39, 0.29) is 5.91 Å². The Balaban J connectivity index is 1.45. The minimum Gasteiger partial charge on any atom is -0.497 e. The van der Waals surface area contributed by atoms with Gasteiger partial charge in [0.15, 0.2) is 0 Å². The van der Waals surface area contributed by atoms with Gasteiger partial charge in [-0.15, -0.1) is 0 Å². The van der Waals surface area contributed by atoms with Gasteiger partial charge in [-0.1, -0.05) is 35.9 Å². The topological polar surface area (TPSA) is 36.0 Å². The molecule has 0 unspecified atom stereocenters. The molecule has 0 aromatic heterocycles. The zero-order chi connectivity index (χ0) is 20.6. The summed E-state index contributed by atoms with van der Waals surface area (Å²) < 4.78 is 5.19. The zero-order valence-electron chi connectivity index (χ0n) is 17.3. The quantitative estimate of drug-likeness (QED) is 0.693. The predicted octanol–water partition coefficient (Wildman–Crippen LogP) is 3.51. The van der Waals surface area contributed by atoms with Gasteiger partial charge >= 0.3 is 0 Å². The van der Waals surface area contributed by atoms with Crippen molar-refractivity contribution in [2.24, 2.45) is 0 Å². The standard InChI is InChI=1S/C23H30ClN3O2/c1-25(16-19-6-10-22(29-2)11-7-19)23(28)18-27-13-3-12-26(14-15-27)17-20-4-8-21(24)9-5-20/h4-11H,3,12-18H2,1-2H3. The van der Waals surface area contributed by atoms with Gasteiger partial charge in [-0.3, -0.25) is 14.6 Å². The van der Waals surface area contributed by atoms with Gasteiger partial charge in [0.1, 0.15) is 5.75 Å². The summed E-state index contributed by atoms with van der Waals surface area (Å²) in [7, 11) is 3.53. The van der Waals surface area contributed by atoms with Crippen LogP contribution in [0.4, 0.5) is 0 Å². The second kappa shape index (κ2) is 10.6. The lowest BCUT2D eigenvalue weighted by Gasteiger charge is -2.24. The van der Waals surface area contributed by atoms with Crippen molar-refractivity contribution >= 4 is 17.5 Å². The van der Waals surface area contributed by atoms with Crippen LogP contribution in [0, 0.1) is 0 Å². The Hall–Kier alpha value is -2.08. The van der Waals surface area contributed by atoms with Crippen molar-refractivity contribution in [3.63, 3.8) is 0 Å². The van der Waals surface area contributed by atoms with E-state index in [1.54, 1.807) is 12.0 Å². The molecule has 2 aromatic carbocycles. The van der Waals surface area contributed by atoms with Crippen LogP contribution in [-0.4, -0.2) is 67.5 Å². The molecule has 0 atom stereocenters. The first kappa shape index (κ1) is 21.6. The lowest BCUT2D eigenvalue weighted by molar-refractivity contribution is -0.131.